The van der Waals surface area contributed by atoms with Gasteiger partial charge >= 0.3 is 0 Å². The summed E-state index contributed by atoms with van der Waals surface area (Å²) in [5, 5.41) is 4.15. The molecule has 3 aromatic rings. The van der Waals surface area contributed by atoms with Gasteiger partial charge in [-0.05, 0) is 30.9 Å². The fourth-order valence-electron chi connectivity index (χ4n) is 4.21. The van der Waals surface area contributed by atoms with Crippen LogP contribution in [0.1, 0.15) is 49.3 Å². The van der Waals surface area contributed by atoms with Crippen LogP contribution in [-0.2, 0) is 6.42 Å². The lowest BCUT2D eigenvalue weighted by Crippen LogP contribution is -2.26. The predicted octanol–water partition coefficient (Wildman–Crippen LogP) is 5.22. The largest absolute Gasteiger partial charge is 0.379 e. The first-order valence-electron chi connectivity index (χ1n) is 10.7. The molecule has 0 spiro atoms. The number of hydrogen-bond acceptors (Lipinski definition) is 5. The molecular formula is C24H28N4OS. The highest BCUT2D eigenvalue weighted by Crippen LogP contribution is 2.34. The Kier molecular flexibility index (Phi) is 6.43. The standard InChI is InChI=1S/C24H28N4OS/c1-3-19(26-15-14-17-10-6-4-7-11-17)20-21-22(30-23(20)25-2)24(29)28(16-27-21)18-12-8-5-9-13-18/h3-4,6-7,10-11,16,18,25H,1,5,8-9,12-15H2,2H3. The number of anilines is 1. The number of rotatable bonds is 7. The molecule has 0 atom stereocenters. The summed E-state index contributed by atoms with van der Waals surface area (Å²) in [5.41, 5.74) is 3.70. The third-order valence-electron chi connectivity index (χ3n) is 5.79. The molecule has 6 heteroatoms. The average molecular weight is 421 g/mol. The van der Waals surface area contributed by atoms with Crippen LogP contribution in [0.4, 0.5) is 5.00 Å². The number of aliphatic imine (C=N–C) groups is 1. The van der Waals surface area contributed by atoms with Gasteiger partial charge in [0.25, 0.3) is 5.56 Å². The van der Waals surface area contributed by atoms with E-state index in [-0.39, 0.29) is 11.6 Å². The molecule has 5 nitrogen and oxygen atoms in total. The molecule has 2 heterocycles. The number of nitrogens with zero attached hydrogens (tertiary/aromatic N) is 3. The Hall–Kier alpha value is -2.73. The maximum absolute atomic E-state index is 13.3. The van der Waals surface area contributed by atoms with Crippen LogP contribution in [0.2, 0.25) is 0 Å². The molecule has 0 aliphatic heterocycles. The third-order valence-corrected chi connectivity index (χ3v) is 6.98. The van der Waals surface area contributed by atoms with Crippen molar-refractivity contribution in [2.24, 2.45) is 4.99 Å². The smallest absolute Gasteiger partial charge is 0.271 e. The third kappa shape index (κ3) is 4.10. The van der Waals surface area contributed by atoms with E-state index in [1.54, 1.807) is 12.4 Å². The van der Waals surface area contributed by atoms with Gasteiger partial charge in [-0.25, -0.2) is 4.98 Å². The van der Waals surface area contributed by atoms with Crippen LogP contribution < -0.4 is 10.9 Å². The summed E-state index contributed by atoms with van der Waals surface area (Å²) in [4.78, 5) is 22.8. The molecule has 0 amide bonds. The molecule has 1 N–H and O–H groups in total. The summed E-state index contributed by atoms with van der Waals surface area (Å²) in [7, 11) is 1.87. The van der Waals surface area contributed by atoms with E-state index in [0.29, 0.717) is 11.2 Å². The maximum atomic E-state index is 13.3. The fourth-order valence-corrected chi connectivity index (χ4v) is 5.26. The Morgan fingerprint density at radius 1 is 1.30 bits per heavy atom. The van der Waals surface area contributed by atoms with E-state index in [0.717, 1.165) is 41.1 Å². The van der Waals surface area contributed by atoms with Crippen molar-refractivity contribution in [3.8, 4) is 0 Å². The molecule has 30 heavy (non-hydrogen) atoms. The van der Waals surface area contributed by atoms with E-state index in [1.807, 2.05) is 29.8 Å². The number of allylic oxidation sites excluding steroid dienone is 1. The molecule has 0 radical (unpaired) electrons. The highest BCUT2D eigenvalue weighted by molar-refractivity contribution is 7.23. The SMILES string of the molecule is C=CC(=NCCc1ccccc1)c1c(NC)sc2c(=O)n(C3CCCCC3)cnc12. The highest BCUT2D eigenvalue weighted by atomic mass is 32.1. The van der Waals surface area contributed by atoms with Crippen LogP contribution in [0.3, 0.4) is 0 Å². The van der Waals surface area contributed by atoms with Crippen molar-refractivity contribution < 1.29 is 0 Å². The van der Waals surface area contributed by atoms with Gasteiger partial charge in [0, 0.05) is 19.6 Å². The highest BCUT2D eigenvalue weighted by Gasteiger charge is 2.22. The lowest BCUT2D eigenvalue weighted by atomic mass is 9.95. The number of thiophene rings is 1. The molecule has 1 aliphatic rings. The predicted molar refractivity (Wildman–Crippen MR) is 127 cm³/mol. The molecule has 1 aliphatic carbocycles. The first kappa shape index (κ1) is 20.5. The van der Waals surface area contributed by atoms with Crippen molar-refractivity contribution >= 4 is 32.3 Å². The zero-order chi connectivity index (χ0) is 20.9. The van der Waals surface area contributed by atoms with Gasteiger partial charge in [0.15, 0.2) is 0 Å². The van der Waals surface area contributed by atoms with Gasteiger partial charge in [-0.3, -0.25) is 14.4 Å². The van der Waals surface area contributed by atoms with Crippen molar-refractivity contribution in [3.63, 3.8) is 0 Å². The normalized spacial score (nSPS) is 15.4. The molecule has 0 unspecified atom stereocenters. The summed E-state index contributed by atoms with van der Waals surface area (Å²) in [6.45, 7) is 4.63. The average Bonchev–Trinajstić information content (AvgIpc) is 3.18. The molecule has 156 valence electrons. The van der Waals surface area contributed by atoms with Crippen LogP contribution in [0.15, 0.2) is 59.1 Å². The minimum atomic E-state index is 0.0624. The van der Waals surface area contributed by atoms with Crippen LogP contribution in [0.5, 0.6) is 0 Å². The van der Waals surface area contributed by atoms with Gasteiger partial charge in [-0.1, -0.05) is 56.2 Å². The molecule has 0 bridgehead atoms. The quantitative estimate of drug-likeness (QED) is 0.533. The molecule has 2 aromatic heterocycles. The maximum Gasteiger partial charge on any atom is 0.271 e. The molecule has 0 saturated heterocycles. The lowest BCUT2D eigenvalue weighted by Gasteiger charge is -2.23. The van der Waals surface area contributed by atoms with Gasteiger partial charge in [0.1, 0.15) is 9.70 Å². The summed E-state index contributed by atoms with van der Waals surface area (Å²) < 4.78 is 2.54. The monoisotopic (exact) mass is 420 g/mol. The van der Waals surface area contributed by atoms with Gasteiger partial charge in [-0.15, -0.1) is 11.3 Å². The molecule has 1 saturated carbocycles. The second-order valence-electron chi connectivity index (χ2n) is 7.69. The first-order chi connectivity index (χ1) is 14.7. The van der Waals surface area contributed by atoms with E-state index >= 15 is 0 Å². The van der Waals surface area contributed by atoms with Gasteiger partial charge in [-0.2, -0.15) is 0 Å². The molecular weight excluding hydrogens is 392 g/mol. The summed E-state index contributed by atoms with van der Waals surface area (Å²) in [5.74, 6) is 0. The van der Waals surface area contributed by atoms with Crippen molar-refractivity contribution in [2.75, 3.05) is 18.9 Å². The number of hydrogen-bond donors (Lipinski definition) is 1. The topological polar surface area (TPSA) is 59.3 Å². The Labute approximate surface area is 181 Å². The van der Waals surface area contributed by atoms with Crippen molar-refractivity contribution in [1.82, 2.24) is 9.55 Å². The minimum Gasteiger partial charge on any atom is -0.379 e. The van der Waals surface area contributed by atoms with Crippen LogP contribution >= 0.6 is 11.3 Å². The van der Waals surface area contributed by atoms with E-state index in [2.05, 4.69) is 24.0 Å². The first-order valence-corrected chi connectivity index (χ1v) is 11.5. The number of aromatic nitrogens is 2. The van der Waals surface area contributed by atoms with E-state index in [1.165, 1.54) is 36.2 Å². The van der Waals surface area contributed by atoms with Gasteiger partial charge in [0.05, 0.1) is 23.1 Å². The summed E-state index contributed by atoms with van der Waals surface area (Å²) in [6, 6.07) is 10.6. The summed E-state index contributed by atoms with van der Waals surface area (Å²) in [6.07, 6.45) is 10.1. The van der Waals surface area contributed by atoms with Gasteiger partial charge in [0.2, 0.25) is 0 Å². The number of nitrogens with one attached hydrogen (secondary N) is 1. The van der Waals surface area contributed by atoms with Crippen molar-refractivity contribution in [1.29, 1.82) is 0 Å². The van der Waals surface area contributed by atoms with E-state index < -0.39 is 0 Å². The second-order valence-corrected chi connectivity index (χ2v) is 8.71. The van der Waals surface area contributed by atoms with Crippen molar-refractivity contribution in [2.45, 2.75) is 44.6 Å². The Morgan fingerprint density at radius 2 is 2.07 bits per heavy atom. The van der Waals surface area contributed by atoms with Crippen molar-refractivity contribution in [3.05, 3.63) is 70.8 Å². The van der Waals surface area contributed by atoms with Crippen LogP contribution in [-0.4, -0.2) is 28.9 Å². The van der Waals surface area contributed by atoms with E-state index in [9.17, 15) is 4.79 Å². The second kappa shape index (κ2) is 9.39. The molecule has 1 fully saturated rings. The fraction of sp³-hybridized carbons (Fsp3) is 0.375. The molecule has 1 aromatic carbocycles. The van der Waals surface area contributed by atoms with E-state index in [4.69, 9.17) is 9.98 Å². The van der Waals surface area contributed by atoms with Crippen LogP contribution in [0, 0.1) is 0 Å². The number of fused-ring (bicyclic) bond motifs is 1. The zero-order valence-corrected chi connectivity index (χ0v) is 18.3. The molecule has 4 rings (SSSR count). The van der Waals surface area contributed by atoms with Gasteiger partial charge < -0.3 is 5.32 Å². The number of benzene rings is 1. The van der Waals surface area contributed by atoms with Crippen LogP contribution in [0.25, 0.3) is 10.2 Å². The minimum absolute atomic E-state index is 0.0624. The zero-order valence-electron chi connectivity index (χ0n) is 17.4. The summed E-state index contributed by atoms with van der Waals surface area (Å²) >= 11 is 1.47. The lowest BCUT2D eigenvalue weighted by molar-refractivity contribution is 0.345. The Bertz CT molecular complexity index is 1110. The Morgan fingerprint density at radius 3 is 2.77 bits per heavy atom. The Balaban J connectivity index is 1.69.